The molecule has 0 N–H and O–H groups in total. The molecule has 0 aliphatic rings. The zero-order chi connectivity index (χ0) is 4.12. The second-order valence-corrected chi connectivity index (χ2v) is 5.74. The van der Waals surface area contributed by atoms with Crippen LogP contribution in [0.25, 0.3) is 0 Å². The summed E-state index contributed by atoms with van der Waals surface area (Å²) >= 11 is 7.07. The first kappa shape index (κ1) is 6.80. The molecule has 0 aromatic carbocycles. The summed E-state index contributed by atoms with van der Waals surface area (Å²) in [5.41, 5.74) is 0. The van der Waals surface area contributed by atoms with E-state index in [0.29, 0.717) is 26.3 Å². The van der Waals surface area contributed by atoms with Gasteiger partial charge in [-0.25, -0.2) is 0 Å². The van der Waals surface area contributed by atoms with Gasteiger partial charge < -0.3 is 0 Å². The molecule has 30 valence electrons. The number of halogens is 2. The van der Waals surface area contributed by atoms with Gasteiger partial charge in [-0.3, -0.25) is 0 Å². The van der Waals surface area contributed by atoms with Gasteiger partial charge in [0, 0.05) is 0 Å². The van der Waals surface area contributed by atoms with Crippen LogP contribution < -0.4 is 0 Å². The van der Waals surface area contributed by atoms with Crippen molar-refractivity contribution in [1.29, 1.82) is 0 Å². The molecule has 0 aliphatic heterocycles. The summed E-state index contributed by atoms with van der Waals surface area (Å²) in [7, 11) is 0. The molecule has 0 saturated carbocycles. The topological polar surface area (TPSA) is 12.4 Å². The number of nitrogens with zero attached hydrogens (tertiary/aromatic N) is 1. The molecule has 0 aromatic rings. The average Bonchev–Trinajstić information content (AvgIpc) is 1.41. The third kappa shape index (κ3) is 5.80. The van der Waals surface area contributed by atoms with Gasteiger partial charge in [0.2, 0.25) is 0 Å². The second-order valence-electron chi connectivity index (χ2n) is 0.213. The molecule has 0 bridgehead atoms. The Morgan fingerprint density at radius 2 is 2.40 bits per heavy atom. The maximum absolute atomic E-state index is 3.93. The first-order valence-electron chi connectivity index (χ1n) is 0.674. The van der Waals surface area contributed by atoms with E-state index in [4.69, 9.17) is 0 Å². The molecule has 0 fully saturated rings. The van der Waals surface area contributed by atoms with Gasteiger partial charge in [-0.2, -0.15) is 0 Å². The van der Waals surface area contributed by atoms with Crippen LogP contribution in [0.1, 0.15) is 0 Å². The molecule has 0 aromatic heterocycles. The fourth-order valence-corrected chi connectivity index (χ4v) is 7.76. The van der Waals surface area contributed by atoms with Crippen molar-refractivity contribution in [2.45, 2.75) is 0 Å². The van der Waals surface area contributed by atoms with Crippen molar-refractivity contribution in [1.82, 2.24) is 0 Å². The fraction of sp³-hybridized carbons (Fsp3) is 0. The van der Waals surface area contributed by atoms with Crippen LogP contribution in [-0.4, -0.2) is 26.3 Å². The maximum atomic E-state index is 3.93. The van der Waals surface area contributed by atoms with Crippen LogP contribution >= 0.6 is 28.2 Å². The Balaban J connectivity index is 2.62. The molecule has 0 amide bonds. The molecular formula is Br2NSe2+. The summed E-state index contributed by atoms with van der Waals surface area (Å²) in [4.78, 5) is 0. The van der Waals surface area contributed by atoms with Crippen LogP contribution in [0.4, 0.5) is 0 Å². The van der Waals surface area contributed by atoms with Gasteiger partial charge in [-0.15, -0.1) is 0 Å². The Morgan fingerprint density at radius 1 is 1.80 bits per heavy atom. The molecular weight excluding hydrogens is 332 g/mol. The SMILES string of the molecule is Br[Se]N=[Se+]Br. The summed E-state index contributed by atoms with van der Waals surface area (Å²) in [5.74, 6) is 0. The average molecular weight is 332 g/mol. The van der Waals surface area contributed by atoms with E-state index in [1.54, 1.807) is 0 Å². The van der Waals surface area contributed by atoms with Crippen molar-refractivity contribution in [2.24, 2.45) is 2.98 Å². The fourth-order valence-electron chi connectivity index (χ4n) is 0.0106. The van der Waals surface area contributed by atoms with Crippen molar-refractivity contribution in [3.63, 3.8) is 0 Å². The molecule has 5 heavy (non-hydrogen) atoms. The van der Waals surface area contributed by atoms with Crippen LogP contribution in [0.5, 0.6) is 0 Å². The van der Waals surface area contributed by atoms with E-state index in [9.17, 15) is 0 Å². The Morgan fingerprint density at radius 3 is 2.40 bits per heavy atom. The van der Waals surface area contributed by atoms with Crippen LogP contribution in [-0.2, 0) is 0 Å². The molecule has 0 unspecified atom stereocenters. The first-order valence-corrected chi connectivity index (χ1v) is 10.2. The van der Waals surface area contributed by atoms with Crippen molar-refractivity contribution in [2.75, 3.05) is 0 Å². The minimum atomic E-state index is 0.344. The van der Waals surface area contributed by atoms with Crippen LogP contribution in [0.2, 0.25) is 0 Å². The summed E-state index contributed by atoms with van der Waals surface area (Å²) in [6, 6.07) is 0. The van der Waals surface area contributed by atoms with Crippen LogP contribution in [0, 0.1) is 0 Å². The van der Waals surface area contributed by atoms with Crippen LogP contribution in [0.15, 0.2) is 2.98 Å². The second kappa shape index (κ2) is 5.80. The first-order chi connectivity index (χ1) is 2.41. The molecule has 0 heterocycles. The third-order valence-electron chi connectivity index (χ3n) is 0.0563. The third-order valence-corrected chi connectivity index (χ3v) is 7.90. The molecule has 0 aliphatic carbocycles. The zero-order valence-corrected chi connectivity index (χ0v) is 8.62. The Labute approximate surface area is 57.0 Å². The van der Waals surface area contributed by atoms with Gasteiger partial charge in [0.1, 0.15) is 0 Å². The van der Waals surface area contributed by atoms with Gasteiger partial charge in [0.25, 0.3) is 0 Å². The molecule has 0 rings (SSSR count). The Kier molecular flexibility index (Phi) is 7.89. The van der Waals surface area contributed by atoms with Crippen molar-refractivity contribution >= 4 is 54.5 Å². The Hall–Kier alpha value is 1.80. The standard InChI is InChI=1S/Br2NSe2/c1-4-3-5-2/q+1. The van der Waals surface area contributed by atoms with Gasteiger partial charge in [0.05, 0.1) is 0 Å². The van der Waals surface area contributed by atoms with E-state index >= 15 is 0 Å². The number of hydrogen-bond acceptors (Lipinski definition) is 1. The number of rotatable bonds is 1. The van der Waals surface area contributed by atoms with Crippen molar-refractivity contribution in [3.8, 4) is 0 Å². The number of hydrogen-bond donors (Lipinski definition) is 0. The molecule has 0 spiro atoms. The van der Waals surface area contributed by atoms with Gasteiger partial charge >= 0.3 is 57.5 Å². The van der Waals surface area contributed by atoms with E-state index in [0.717, 1.165) is 0 Å². The monoisotopic (exact) mass is 332 g/mol. The Bertz CT molecular complexity index is 34.6. The normalized spacial score (nSPS) is 10.0. The molecule has 1 nitrogen and oxygen atoms in total. The van der Waals surface area contributed by atoms with E-state index in [1.807, 2.05) is 0 Å². The van der Waals surface area contributed by atoms with E-state index in [1.165, 1.54) is 0 Å². The quantitative estimate of drug-likeness (QED) is 0.638. The summed E-state index contributed by atoms with van der Waals surface area (Å²) in [6.45, 7) is 0. The summed E-state index contributed by atoms with van der Waals surface area (Å²) in [6.07, 6.45) is 0. The van der Waals surface area contributed by atoms with Gasteiger partial charge in [-0.05, 0) is 0 Å². The molecule has 5 heteroatoms. The van der Waals surface area contributed by atoms with Crippen LogP contribution in [0.3, 0.4) is 0 Å². The zero-order valence-electron chi connectivity index (χ0n) is 2.02. The molecule has 0 radical (unpaired) electrons. The van der Waals surface area contributed by atoms with E-state index < -0.39 is 0 Å². The van der Waals surface area contributed by atoms with E-state index in [2.05, 4.69) is 31.2 Å². The summed E-state index contributed by atoms with van der Waals surface area (Å²) in [5, 5.41) is 0. The van der Waals surface area contributed by atoms with E-state index in [-0.39, 0.29) is 0 Å². The van der Waals surface area contributed by atoms with Gasteiger partial charge in [0.15, 0.2) is 0 Å². The molecule has 0 atom stereocenters. The minimum absolute atomic E-state index is 0.344. The van der Waals surface area contributed by atoms with Crippen molar-refractivity contribution in [3.05, 3.63) is 0 Å². The summed E-state index contributed by atoms with van der Waals surface area (Å²) < 4.78 is 3.93. The predicted octanol–water partition coefficient (Wildman–Crippen LogP) is 1.11. The molecule has 0 saturated heterocycles. The predicted molar refractivity (Wildman–Crippen MR) is 31.8 cm³/mol. The van der Waals surface area contributed by atoms with Crippen molar-refractivity contribution < 1.29 is 0 Å². The van der Waals surface area contributed by atoms with Gasteiger partial charge in [-0.1, -0.05) is 0 Å².